The molecule has 2 heteroatoms. The second-order valence-corrected chi connectivity index (χ2v) is 7.82. The molecule has 2 aliphatic rings. The average molecular weight is 436 g/mol. The first-order chi connectivity index (χ1) is 7.74. The van der Waals surface area contributed by atoms with Gasteiger partial charge in [-0.3, -0.25) is 0 Å². The molecule has 0 saturated heterocycles. The number of hydrogen-bond donors (Lipinski definition) is 0. The Morgan fingerprint density at radius 3 is 2.94 bits per heavy atom. The summed E-state index contributed by atoms with van der Waals surface area (Å²) in [6.45, 7) is 0. The lowest BCUT2D eigenvalue weighted by molar-refractivity contribution is 0.375. The molecule has 0 heterocycles. The van der Waals surface area contributed by atoms with Crippen LogP contribution in [0.3, 0.4) is 0 Å². The fourth-order valence-corrected chi connectivity index (χ4v) is 4.47. The van der Waals surface area contributed by atoms with Crippen molar-refractivity contribution in [3.05, 3.63) is 39.0 Å². The fourth-order valence-electron chi connectivity index (χ4n) is 3.01. The van der Waals surface area contributed by atoms with Gasteiger partial charge in [0, 0.05) is 7.49 Å². The van der Waals surface area contributed by atoms with E-state index in [1.54, 1.807) is 5.56 Å². The van der Waals surface area contributed by atoms with Crippen LogP contribution in [0.15, 0.2) is 24.3 Å². The van der Waals surface area contributed by atoms with Gasteiger partial charge >= 0.3 is 0 Å². The van der Waals surface area contributed by atoms with Crippen LogP contribution in [0.2, 0.25) is 0 Å². The Morgan fingerprint density at radius 1 is 1.19 bits per heavy atom. The molecular formula is C14H14I2. The predicted octanol–water partition coefficient (Wildman–Crippen LogP) is 5.01. The van der Waals surface area contributed by atoms with Crippen LogP contribution in [0.5, 0.6) is 0 Å². The zero-order valence-electron chi connectivity index (χ0n) is 9.00. The van der Waals surface area contributed by atoms with E-state index in [2.05, 4.69) is 75.5 Å². The van der Waals surface area contributed by atoms with Gasteiger partial charge in [-0.1, -0.05) is 40.8 Å². The molecule has 3 unspecified atom stereocenters. The van der Waals surface area contributed by atoms with Crippen molar-refractivity contribution < 1.29 is 0 Å². The highest BCUT2D eigenvalue weighted by atomic mass is 127. The van der Waals surface area contributed by atoms with Crippen molar-refractivity contribution in [2.75, 3.05) is 0 Å². The summed E-state index contributed by atoms with van der Waals surface area (Å²) in [4.78, 5) is 0. The van der Waals surface area contributed by atoms with Crippen LogP contribution < -0.4 is 0 Å². The van der Waals surface area contributed by atoms with Gasteiger partial charge in [0.1, 0.15) is 0 Å². The SMILES string of the molecule is Ic1ccc2c(c1)C=CC1CC(I)CCC21. The van der Waals surface area contributed by atoms with Crippen molar-refractivity contribution in [1.29, 1.82) is 0 Å². The highest BCUT2D eigenvalue weighted by Crippen LogP contribution is 2.45. The van der Waals surface area contributed by atoms with E-state index in [-0.39, 0.29) is 0 Å². The topological polar surface area (TPSA) is 0 Å². The molecule has 0 nitrogen and oxygen atoms in total. The molecular weight excluding hydrogens is 422 g/mol. The number of hydrogen-bond acceptors (Lipinski definition) is 0. The predicted molar refractivity (Wildman–Crippen MR) is 86.1 cm³/mol. The van der Waals surface area contributed by atoms with Crippen LogP contribution in [0.25, 0.3) is 6.08 Å². The molecule has 0 N–H and O–H groups in total. The average Bonchev–Trinajstić information content (AvgIpc) is 2.28. The molecule has 0 spiro atoms. The van der Waals surface area contributed by atoms with Crippen LogP contribution in [-0.2, 0) is 0 Å². The Kier molecular flexibility index (Phi) is 3.30. The van der Waals surface area contributed by atoms with Gasteiger partial charge < -0.3 is 0 Å². The molecule has 84 valence electrons. The van der Waals surface area contributed by atoms with Crippen LogP contribution in [0, 0.1) is 9.49 Å². The molecule has 3 rings (SSSR count). The molecule has 0 amide bonds. The van der Waals surface area contributed by atoms with E-state index in [0.717, 1.165) is 15.8 Å². The second-order valence-electron chi connectivity index (χ2n) is 4.81. The molecule has 1 saturated carbocycles. The van der Waals surface area contributed by atoms with E-state index in [9.17, 15) is 0 Å². The van der Waals surface area contributed by atoms with E-state index in [1.807, 2.05) is 0 Å². The first-order valence-electron chi connectivity index (χ1n) is 5.86. The van der Waals surface area contributed by atoms with Crippen LogP contribution in [0.4, 0.5) is 0 Å². The number of fused-ring (bicyclic) bond motifs is 3. The quantitative estimate of drug-likeness (QED) is 0.397. The maximum atomic E-state index is 2.62. The van der Waals surface area contributed by atoms with E-state index >= 15 is 0 Å². The molecule has 0 aliphatic heterocycles. The van der Waals surface area contributed by atoms with Gasteiger partial charge in [-0.25, -0.2) is 0 Å². The molecule has 1 fully saturated rings. The maximum Gasteiger partial charge on any atom is 0.0136 e. The van der Waals surface area contributed by atoms with Crippen molar-refractivity contribution in [2.45, 2.75) is 29.1 Å². The van der Waals surface area contributed by atoms with Gasteiger partial charge in [-0.15, -0.1) is 0 Å². The molecule has 1 aromatic carbocycles. The summed E-state index contributed by atoms with van der Waals surface area (Å²) < 4.78 is 2.23. The summed E-state index contributed by atoms with van der Waals surface area (Å²) in [6.07, 6.45) is 8.92. The van der Waals surface area contributed by atoms with E-state index in [4.69, 9.17) is 0 Å². The summed E-state index contributed by atoms with van der Waals surface area (Å²) in [6, 6.07) is 6.93. The summed E-state index contributed by atoms with van der Waals surface area (Å²) in [5.74, 6) is 1.59. The third-order valence-corrected chi connectivity index (χ3v) is 5.61. The van der Waals surface area contributed by atoms with Gasteiger partial charge in [0.05, 0.1) is 0 Å². The molecule has 0 bridgehead atoms. The zero-order valence-corrected chi connectivity index (χ0v) is 13.3. The largest absolute Gasteiger partial charge is 0.0826 e. The van der Waals surface area contributed by atoms with E-state index in [1.165, 1.54) is 28.4 Å². The third-order valence-electron chi connectivity index (χ3n) is 3.81. The van der Waals surface area contributed by atoms with Crippen LogP contribution in [0.1, 0.15) is 36.3 Å². The minimum absolute atomic E-state index is 0.794. The van der Waals surface area contributed by atoms with E-state index in [0.29, 0.717) is 0 Å². The number of alkyl halides is 1. The van der Waals surface area contributed by atoms with Gasteiger partial charge in [0.2, 0.25) is 0 Å². The van der Waals surface area contributed by atoms with Gasteiger partial charge in [-0.2, -0.15) is 0 Å². The molecule has 0 radical (unpaired) electrons. The van der Waals surface area contributed by atoms with Gasteiger partial charge in [-0.05, 0) is 76.9 Å². The molecule has 0 aromatic heterocycles. The third kappa shape index (κ3) is 2.07. The summed E-state index contributed by atoms with van der Waals surface area (Å²) in [5.41, 5.74) is 3.05. The number of allylic oxidation sites excluding steroid dienone is 1. The highest BCUT2D eigenvalue weighted by molar-refractivity contribution is 14.1. The van der Waals surface area contributed by atoms with Crippen LogP contribution >= 0.6 is 45.2 Å². The highest BCUT2D eigenvalue weighted by Gasteiger charge is 2.31. The Labute approximate surface area is 124 Å². The number of rotatable bonds is 0. The van der Waals surface area contributed by atoms with Crippen LogP contribution in [-0.4, -0.2) is 3.92 Å². The molecule has 2 aliphatic carbocycles. The van der Waals surface area contributed by atoms with Crippen molar-refractivity contribution in [3.8, 4) is 0 Å². The lowest BCUT2D eigenvalue weighted by Gasteiger charge is -2.36. The monoisotopic (exact) mass is 436 g/mol. The normalized spacial score (nSPS) is 32.0. The minimum atomic E-state index is 0.794. The Hall–Kier alpha value is 0.420. The Bertz CT molecular complexity index is 436. The van der Waals surface area contributed by atoms with E-state index < -0.39 is 0 Å². The zero-order chi connectivity index (χ0) is 11.1. The smallest absolute Gasteiger partial charge is 0.0136 e. The maximum absolute atomic E-state index is 2.62. The fraction of sp³-hybridized carbons (Fsp3) is 0.429. The van der Waals surface area contributed by atoms with Gasteiger partial charge in [0.15, 0.2) is 0 Å². The number of halogens is 2. The molecule has 16 heavy (non-hydrogen) atoms. The van der Waals surface area contributed by atoms with Crippen molar-refractivity contribution >= 4 is 51.3 Å². The molecule has 3 atom stereocenters. The van der Waals surface area contributed by atoms with Gasteiger partial charge in [0.25, 0.3) is 0 Å². The first-order valence-corrected chi connectivity index (χ1v) is 8.18. The lowest BCUT2D eigenvalue weighted by Crippen LogP contribution is -2.24. The lowest BCUT2D eigenvalue weighted by atomic mass is 9.71. The summed E-state index contributed by atoms with van der Waals surface area (Å²) in [5, 5.41) is 0. The Morgan fingerprint density at radius 2 is 2.06 bits per heavy atom. The first kappa shape index (κ1) is 11.5. The summed E-state index contributed by atoms with van der Waals surface area (Å²) in [7, 11) is 0. The standard InChI is InChI=1S/C14H14I2/c15-11-3-5-13-9(7-11)1-2-10-8-12(16)4-6-14(10)13/h1-3,5,7,10,12,14H,4,6,8H2. The number of benzene rings is 1. The minimum Gasteiger partial charge on any atom is -0.0826 e. The summed E-state index contributed by atoms with van der Waals surface area (Å²) >= 11 is 5.02. The Balaban J connectivity index is 1.99. The van der Waals surface area contributed by atoms with Crippen molar-refractivity contribution in [1.82, 2.24) is 0 Å². The second kappa shape index (κ2) is 4.59. The molecule has 1 aromatic rings. The van der Waals surface area contributed by atoms with Crippen molar-refractivity contribution in [3.63, 3.8) is 0 Å². The van der Waals surface area contributed by atoms with Crippen molar-refractivity contribution in [2.24, 2.45) is 5.92 Å².